The lowest BCUT2D eigenvalue weighted by Gasteiger charge is -2.32. The monoisotopic (exact) mass is 515 g/mol. The molecule has 9 heteroatoms. The predicted octanol–water partition coefficient (Wildman–Crippen LogP) is 5.24. The van der Waals surface area contributed by atoms with E-state index in [1.807, 2.05) is 41.8 Å². The Balaban J connectivity index is 1.28. The lowest BCUT2D eigenvalue weighted by Crippen LogP contribution is -2.42. The molecular weight excluding hydrogens is 490 g/mol. The largest absolute Gasteiger partial charge is 0.477 e. The van der Waals surface area contributed by atoms with Gasteiger partial charge in [0.2, 0.25) is 5.43 Å². The van der Waals surface area contributed by atoms with E-state index in [1.54, 1.807) is 28.4 Å². The van der Waals surface area contributed by atoms with Crippen LogP contribution in [0.4, 0.5) is 4.79 Å². The lowest BCUT2D eigenvalue weighted by atomic mass is 10.0. The minimum Gasteiger partial charge on any atom is -0.477 e. The Labute approximate surface area is 216 Å². The molecule has 1 aliphatic heterocycles. The fraction of sp³-hybridized carbons (Fsp3) is 0.286. The normalized spacial score (nSPS) is 17.0. The molecule has 1 unspecified atom stereocenters. The molecule has 4 heterocycles. The highest BCUT2D eigenvalue weighted by molar-refractivity contribution is 7.15. The topological polar surface area (TPSA) is 102 Å². The number of carbonyl (C=O) groups excluding carboxylic acids is 1. The number of nitrogens with zero attached hydrogens (tertiary/aromatic N) is 3. The van der Waals surface area contributed by atoms with E-state index in [0.29, 0.717) is 17.6 Å². The number of carbonyl (C=O) groups is 2. The number of benzene rings is 1. The van der Waals surface area contributed by atoms with E-state index < -0.39 is 11.4 Å². The molecule has 4 aromatic rings. The van der Waals surface area contributed by atoms with E-state index in [-0.39, 0.29) is 30.3 Å². The summed E-state index contributed by atoms with van der Waals surface area (Å²) in [5.41, 5.74) is 2.52. The van der Waals surface area contributed by atoms with E-state index in [1.165, 1.54) is 11.1 Å². The molecule has 3 aromatic heterocycles. The number of hydrogen-bond acceptors (Lipinski definition) is 6. The van der Waals surface area contributed by atoms with Crippen LogP contribution in [0.3, 0.4) is 0 Å². The molecular formula is C28H25N3O5S. The Bertz CT molecular complexity index is 1590. The number of hydrogen-bond donors (Lipinski definition) is 1. The molecule has 0 spiro atoms. The van der Waals surface area contributed by atoms with Crippen molar-refractivity contribution in [3.05, 3.63) is 86.5 Å². The molecule has 1 fully saturated rings. The van der Waals surface area contributed by atoms with Crippen LogP contribution in [0.5, 0.6) is 0 Å². The molecule has 6 rings (SSSR count). The van der Waals surface area contributed by atoms with Gasteiger partial charge in [0.25, 0.3) is 0 Å². The summed E-state index contributed by atoms with van der Waals surface area (Å²) in [4.78, 5) is 46.0. The van der Waals surface area contributed by atoms with Gasteiger partial charge in [-0.05, 0) is 49.1 Å². The number of aromatic nitrogens is 2. The summed E-state index contributed by atoms with van der Waals surface area (Å²) < 4.78 is 7.41. The van der Waals surface area contributed by atoms with Gasteiger partial charge in [0.1, 0.15) is 17.8 Å². The zero-order valence-electron chi connectivity index (χ0n) is 20.2. The Morgan fingerprint density at radius 1 is 1.16 bits per heavy atom. The molecule has 1 saturated carbocycles. The quantitative estimate of drug-likeness (QED) is 0.390. The summed E-state index contributed by atoms with van der Waals surface area (Å²) >= 11 is 1.64. The molecule has 188 valence electrons. The SMILES string of the molecule is CC1Cc2sc(-c3ccc4c(=O)c(C(=O)O)cn(C5CC5)c4n3)cc2CN1C(=O)OCc1ccccc1. The van der Waals surface area contributed by atoms with E-state index in [9.17, 15) is 19.5 Å². The molecule has 2 aliphatic rings. The van der Waals surface area contributed by atoms with Gasteiger partial charge in [0.05, 0.1) is 22.5 Å². The van der Waals surface area contributed by atoms with Gasteiger partial charge in [0, 0.05) is 29.6 Å². The first-order valence-electron chi connectivity index (χ1n) is 12.3. The van der Waals surface area contributed by atoms with Crippen LogP contribution in [0.2, 0.25) is 0 Å². The second-order valence-electron chi connectivity index (χ2n) is 9.66. The van der Waals surface area contributed by atoms with Gasteiger partial charge < -0.3 is 19.3 Å². The number of aromatic carboxylic acids is 1. The van der Waals surface area contributed by atoms with Gasteiger partial charge in [-0.1, -0.05) is 30.3 Å². The van der Waals surface area contributed by atoms with Crippen molar-refractivity contribution in [2.45, 2.75) is 51.4 Å². The van der Waals surface area contributed by atoms with Crippen LogP contribution in [0.15, 0.2) is 59.5 Å². The predicted molar refractivity (Wildman–Crippen MR) is 140 cm³/mol. The van der Waals surface area contributed by atoms with E-state index >= 15 is 0 Å². The highest BCUT2D eigenvalue weighted by Gasteiger charge is 2.31. The van der Waals surface area contributed by atoms with E-state index in [2.05, 4.69) is 6.07 Å². The first-order valence-corrected chi connectivity index (χ1v) is 13.1. The van der Waals surface area contributed by atoms with Crippen LogP contribution in [0.25, 0.3) is 21.6 Å². The highest BCUT2D eigenvalue weighted by atomic mass is 32.1. The Hall–Kier alpha value is -3.98. The maximum absolute atomic E-state index is 12.9. The number of carboxylic acids is 1. The van der Waals surface area contributed by atoms with Crippen LogP contribution < -0.4 is 5.43 Å². The van der Waals surface area contributed by atoms with Crippen molar-refractivity contribution < 1.29 is 19.4 Å². The van der Waals surface area contributed by atoms with Gasteiger partial charge >= 0.3 is 12.1 Å². The molecule has 37 heavy (non-hydrogen) atoms. The zero-order valence-corrected chi connectivity index (χ0v) is 21.0. The van der Waals surface area contributed by atoms with Crippen LogP contribution in [0.1, 0.15) is 52.2 Å². The molecule has 1 N–H and O–H groups in total. The van der Waals surface area contributed by atoms with Crippen molar-refractivity contribution in [1.29, 1.82) is 0 Å². The van der Waals surface area contributed by atoms with Crippen molar-refractivity contribution in [3.63, 3.8) is 0 Å². The van der Waals surface area contributed by atoms with Crippen molar-refractivity contribution in [3.8, 4) is 10.6 Å². The first-order chi connectivity index (χ1) is 17.9. The van der Waals surface area contributed by atoms with Gasteiger partial charge in [0.15, 0.2) is 0 Å². The standard InChI is InChI=1S/C28H25N3O5S/c1-16-11-23-18(13-30(16)28(35)36-15-17-5-3-2-4-6-17)12-24(37-23)22-10-9-20-25(32)21(27(33)34)14-31(19-7-8-19)26(20)29-22/h2-6,9-10,12,14,16,19H,7-8,11,13,15H2,1H3,(H,33,34). The van der Waals surface area contributed by atoms with Crippen LogP contribution in [-0.4, -0.2) is 37.7 Å². The Morgan fingerprint density at radius 3 is 2.68 bits per heavy atom. The minimum atomic E-state index is -1.22. The van der Waals surface area contributed by atoms with Gasteiger partial charge in [-0.2, -0.15) is 0 Å². The number of carboxylic acid groups (broad SMARTS) is 1. The van der Waals surface area contributed by atoms with Crippen LogP contribution in [0, 0.1) is 0 Å². The third-order valence-corrected chi connectivity index (χ3v) is 8.21. The number of amides is 1. The smallest absolute Gasteiger partial charge is 0.410 e. The maximum atomic E-state index is 12.9. The number of pyridine rings is 2. The Kier molecular flexibility index (Phi) is 5.79. The third-order valence-electron chi connectivity index (χ3n) is 6.99. The van der Waals surface area contributed by atoms with Crippen molar-refractivity contribution in [2.24, 2.45) is 0 Å². The summed E-state index contributed by atoms with van der Waals surface area (Å²) in [7, 11) is 0. The number of ether oxygens (including phenoxy) is 1. The molecule has 1 atom stereocenters. The molecule has 0 radical (unpaired) electrons. The van der Waals surface area contributed by atoms with Crippen molar-refractivity contribution in [1.82, 2.24) is 14.5 Å². The minimum absolute atomic E-state index is 0.00122. The van der Waals surface area contributed by atoms with Crippen LogP contribution in [-0.2, 0) is 24.3 Å². The molecule has 1 amide bonds. The summed E-state index contributed by atoms with van der Waals surface area (Å²) in [6.07, 6.45) is 3.69. The van der Waals surface area contributed by atoms with E-state index in [0.717, 1.165) is 41.0 Å². The van der Waals surface area contributed by atoms with Crippen molar-refractivity contribution in [2.75, 3.05) is 0 Å². The molecule has 0 bridgehead atoms. The zero-order chi connectivity index (χ0) is 25.7. The van der Waals surface area contributed by atoms with Gasteiger partial charge in [-0.25, -0.2) is 14.6 Å². The Morgan fingerprint density at radius 2 is 1.95 bits per heavy atom. The molecule has 1 aromatic carbocycles. The van der Waals surface area contributed by atoms with Gasteiger partial charge in [-0.15, -0.1) is 11.3 Å². The molecule has 0 saturated heterocycles. The average molecular weight is 516 g/mol. The number of fused-ring (bicyclic) bond motifs is 2. The fourth-order valence-electron chi connectivity index (χ4n) is 4.81. The fourth-order valence-corrected chi connectivity index (χ4v) is 6.07. The van der Waals surface area contributed by atoms with Gasteiger partial charge in [-0.3, -0.25) is 4.79 Å². The number of thiophene rings is 1. The third kappa shape index (κ3) is 4.40. The summed E-state index contributed by atoms with van der Waals surface area (Å²) in [6.45, 7) is 2.72. The van der Waals surface area contributed by atoms with E-state index in [4.69, 9.17) is 9.72 Å². The first kappa shape index (κ1) is 23.4. The van der Waals surface area contributed by atoms with Crippen LogP contribution >= 0.6 is 11.3 Å². The highest BCUT2D eigenvalue weighted by Crippen LogP contribution is 2.39. The number of rotatable bonds is 5. The summed E-state index contributed by atoms with van der Waals surface area (Å²) in [5, 5.41) is 9.80. The van der Waals surface area contributed by atoms with Crippen molar-refractivity contribution >= 4 is 34.4 Å². The maximum Gasteiger partial charge on any atom is 0.410 e. The lowest BCUT2D eigenvalue weighted by molar-refractivity contribution is 0.0694. The second-order valence-corrected chi connectivity index (χ2v) is 10.8. The second kappa shape index (κ2) is 9.15. The average Bonchev–Trinajstić information content (AvgIpc) is 3.66. The molecule has 8 nitrogen and oxygen atoms in total. The molecule has 1 aliphatic carbocycles. The summed E-state index contributed by atoms with van der Waals surface area (Å²) in [6, 6.07) is 15.3. The summed E-state index contributed by atoms with van der Waals surface area (Å²) in [5.74, 6) is -1.22.